The molecule has 0 bridgehead atoms. The summed E-state index contributed by atoms with van der Waals surface area (Å²) in [4.78, 5) is 34.6. The Kier molecular flexibility index (Phi) is 6.82. The first-order valence-corrected chi connectivity index (χ1v) is 11.2. The normalized spacial score (nSPS) is 20.7. The third kappa shape index (κ3) is 5.37. The molecule has 2 fully saturated rings. The van der Waals surface area contributed by atoms with Gasteiger partial charge in [0.2, 0.25) is 11.8 Å². The van der Waals surface area contributed by atoms with Crippen molar-refractivity contribution in [2.24, 2.45) is 5.92 Å². The molecule has 0 saturated carbocycles. The molecular weight excluding hydrogens is 366 g/mol. The largest absolute Gasteiger partial charge is 0.343 e. The predicted molar refractivity (Wildman–Crippen MR) is 111 cm³/mol. The van der Waals surface area contributed by atoms with Crippen LogP contribution in [0.2, 0.25) is 0 Å². The van der Waals surface area contributed by atoms with E-state index in [1.54, 1.807) is 0 Å². The summed E-state index contributed by atoms with van der Waals surface area (Å²) in [6, 6.07) is 8.44. The van der Waals surface area contributed by atoms with Crippen LogP contribution in [0.15, 0.2) is 24.3 Å². The molecule has 0 atom stereocenters. The topological polar surface area (TPSA) is 53.1 Å². The van der Waals surface area contributed by atoms with Gasteiger partial charge in [-0.3, -0.25) is 14.4 Å². The fraction of sp³-hybridized carbons (Fsp3) is 0.652. The van der Waals surface area contributed by atoms with Crippen LogP contribution in [0.25, 0.3) is 0 Å². The number of rotatable bonds is 6. The van der Waals surface area contributed by atoms with Crippen LogP contribution in [0.5, 0.6) is 0 Å². The van der Waals surface area contributed by atoms with Crippen LogP contribution in [-0.4, -0.2) is 66.0 Å². The van der Waals surface area contributed by atoms with Crippen molar-refractivity contribution < 1.29 is 14.4 Å². The highest BCUT2D eigenvalue weighted by atomic mass is 16.7. The second kappa shape index (κ2) is 9.72. The Hall–Kier alpha value is -1.92. The quantitative estimate of drug-likeness (QED) is 0.738. The van der Waals surface area contributed by atoms with E-state index in [4.69, 9.17) is 4.84 Å². The first-order chi connectivity index (χ1) is 14.2. The molecule has 0 spiro atoms. The van der Waals surface area contributed by atoms with Gasteiger partial charge in [0.15, 0.2) is 0 Å². The number of hydrogen-bond donors (Lipinski definition) is 0. The molecule has 3 heterocycles. The fourth-order valence-corrected chi connectivity index (χ4v) is 4.72. The zero-order chi connectivity index (χ0) is 20.1. The molecule has 0 aliphatic carbocycles. The summed E-state index contributed by atoms with van der Waals surface area (Å²) in [6.07, 6.45) is 6.17. The van der Waals surface area contributed by atoms with Gasteiger partial charge in [-0.25, -0.2) is 0 Å². The smallest absolute Gasteiger partial charge is 0.223 e. The van der Waals surface area contributed by atoms with Crippen molar-refractivity contribution in [3.63, 3.8) is 0 Å². The summed E-state index contributed by atoms with van der Waals surface area (Å²) >= 11 is 0. The van der Waals surface area contributed by atoms with E-state index in [-0.39, 0.29) is 11.8 Å². The Morgan fingerprint density at radius 2 is 1.69 bits per heavy atom. The van der Waals surface area contributed by atoms with Gasteiger partial charge in [0, 0.05) is 52.1 Å². The van der Waals surface area contributed by atoms with Gasteiger partial charge in [-0.2, -0.15) is 5.06 Å². The Balaban J connectivity index is 1.14. The van der Waals surface area contributed by atoms with E-state index in [1.165, 1.54) is 11.1 Å². The number of benzene rings is 1. The van der Waals surface area contributed by atoms with Crippen LogP contribution >= 0.6 is 0 Å². The highest BCUT2D eigenvalue weighted by Gasteiger charge is 2.25. The van der Waals surface area contributed by atoms with Crippen molar-refractivity contribution in [3.8, 4) is 0 Å². The molecule has 6 heteroatoms. The highest BCUT2D eigenvalue weighted by molar-refractivity contribution is 5.77. The molecule has 158 valence electrons. The van der Waals surface area contributed by atoms with Gasteiger partial charge in [0.25, 0.3) is 0 Å². The maximum absolute atomic E-state index is 12.7. The Morgan fingerprint density at radius 3 is 2.45 bits per heavy atom. The molecule has 2 amide bonds. The Labute approximate surface area is 173 Å². The first-order valence-electron chi connectivity index (χ1n) is 11.2. The Morgan fingerprint density at radius 1 is 0.931 bits per heavy atom. The lowest BCUT2D eigenvalue weighted by Gasteiger charge is -2.33. The monoisotopic (exact) mass is 399 g/mol. The van der Waals surface area contributed by atoms with Crippen LogP contribution in [0, 0.1) is 5.92 Å². The number of likely N-dealkylation sites (tertiary alicyclic amines) is 1. The number of amides is 2. The van der Waals surface area contributed by atoms with Crippen LogP contribution < -0.4 is 0 Å². The van der Waals surface area contributed by atoms with Gasteiger partial charge in [-0.1, -0.05) is 24.3 Å². The van der Waals surface area contributed by atoms with Crippen molar-refractivity contribution in [3.05, 3.63) is 35.4 Å². The molecule has 0 radical (unpaired) electrons. The molecule has 29 heavy (non-hydrogen) atoms. The van der Waals surface area contributed by atoms with Gasteiger partial charge in [0.1, 0.15) is 0 Å². The molecule has 0 aromatic heterocycles. The zero-order valence-electron chi connectivity index (χ0n) is 17.4. The minimum absolute atomic E-state index is 0.238. The number of hydrogen-bond acceptors (Lipinski definition) is 4. The van der Waals surface area contributed by atoms with Crippen molar-refractivity contribution in [2.75, 3.05) is 39.3 Å². The van der Waals surface area contributed by atoms with E-state index in [0.29, 0.717) is 25.3 Å². The summed E-state index contributed by atoms with van der Waals surface area (Å²) < 4.78 is 0. The van der Waals surface area contributed by atoms with Crippen molar-refractivity contribution in [2.45, 2.75) is 51.5 Å². The number of hydroxylamine groups is 2. The van der Waals surface area contributed by atoms with Crippen molar-refractivity contribution in [1.29, 1.82) is 0 Å². The number of fused-ring (bicyclic) bond motifs is 1. The summed E-state index contributed by atoms with van der Waals surface area (Å²) in [5, 5.41) is 1.91. The van der Waals surface area contributed by atoms with Gasteiger partial charge in [-0.05, 0) is 49.1 Å². The van der Waals surface area contributed by atoms with Crippen molar-refractivity contribution >= 4 is 11.8 Å². The van der Waals surface area contributed by atoms with E-state index < -0.39 is 0 Å². The van der Waals surface area contributed by atoms with E-state index >= 15 is 0 Å². The van der Waals surface area contributed by atoms with Gasteiger partial charge in [-0.15, -0.1) is 0 Å². The maximum atomic E-state index is 12.7. The zero-order valence-corrected chi connectivity index (χ0v) is 17.4. The molecule has 0 unspecified atom stereocenters. The van der Waals surface area contributed by atoms with E-state index in [2.05, 4.69) is 24.3 Å². The maximum Gasteiger partial charge on any atom is 0.223 e. The van der Waals surface area contributed by atoms with Crippen molar-refractivity contribution in [1.82, 2.24) is 14.9 Å². The van der Waals surface area contributed by atoms with Gasteiger partial charge in [0.05, 0.1) is 6.61 Å². The SMILES string of the molecule is O=C(CCN1CCCO1)N1CCC(CCC(=O)N2CCc3ccccc3C2)CC1. The van der Waals surface area contributed by atoms with Crippen LogP contribution in [0.1, 0.15) is 49.7 Å². The molecule has 1 aromatic carbocycles. The van der Waals surface area contributed by atoms with Gasteiger partial charge >= 0.3 is 0 Å². The lowest BCUT2D eigenvalue weighted by molar-refractivity contribution is -0.140. The second-order valence-electron chi connectivity index (χ2n) is 8.56. The summed E-state index contributed by atoms with van der Waals surface area (Å²) in [5.41, 5.74) is 2.67. The predicted octanol–water partition coefficient (Wildman–Crippen LogP) is 2.62. The number of carbonyl (C=O) groups is 2. The third-order valence-corrected chi connectivity index (χ3v) is 6.62. The average Bonchev–Trinajstić information content (AvgIpc) is 3.29. The molecule has 3 aliphatic rings. The fourth-order valence-electron chi connectivity index (χ4n) is 4.72. The lowest BCUT2D eigenvalue weighted by Crippen LogP contribution is -2.40. The number of piperidine rings is 1. The molecule has 6 nitrogen and oxygen atoms in total. The minimum Gasteiger partial charge on any atom is -0.343 e. The van der Waals surface area contributed by atoms with E-state index in [0.717, 1.165) is 71.4 Å². The van der Waals surface area contributed by atoms with Crippen LogP contribution in [0.4, 0.5) is 0 Å². The van der Waals surface area contributed by atoms with Crippen LogP contribution in [-0.2, 0) is 27.4 Å². The second-order valence-corrected chi connectivity index (χ2v) is 8.56. The Bertz CT molecular complexity index is 709. The molecular formula is C23H33N3O3. The highest BCUT2D eigenvalue weighted by Crippen LogP contribution is 2.24. The number of carbonyl (C=O) groups excluding carboxylic acids is 2. The van der Waals surface area contributed by atoms with E-state index in [9.17, 15) is 9.59 Å². The number of nitrogens with zero attached hydrogens (tertiary/aromatic N) is 3. The molecule has 4 rings (SSSR count). The molecule has 3 aliphatic heterocycles. The minimum atomic E-state index is 0.238. The van der Waals surface area contributed by atoms with E-state index in [1.807, 2.05) is 14.9 Å². The summed E-state index contributed by atoms with van der Waals surface area (Å²) in [7, 11) is 0. The molecule has 2 saturated heterocycles. The lowest BCUT2D eigenvalue weighted by atomic mass is 9.91. The molecule has 0 N–H and O–H groups in total. The summed E-state index contributed by atoms with van der Waals surface area (Å²) in [5.74, 6) is 1.08. The molecule has 1 aromatic rings. The van der Waals surface area contributed by atoms with Gasteiger partial charge < -0.3 is 9.80 Å². The first kappa shape index (κ1) is 20.4. The van der Waals surface area contributed by atoms with Crippen LogP contribution in [0.3, 0.4) is 0 Å². The summed E-state index contributed by atoms with van der Waals surface area (Å²) in [6.45, 7) is 5.66. The third-order valence-electron chi connectivity index (χ3n) is 6.62. The standard InChI is InChI=1S/C23H33N3O3/c27-22(25-15-10-20-4-1-2-5-21(20)18-25)7-6-19-8-13-24(14-9-19)23(28)11-16-26-12-3-17-29-26/h1-2,4-5,19H,3,6-18H2. The average molecular weight is 400 g/mol.